The zero-order chi connectivity index (χ0) is 36.6. The Labute approximate surface area is 288 Å². The number of nitrogens with one attached hydrogen (secondary N) is 3. The molecule has 3 rings (SSSR count). The quantitative estimate of drug-likeness (QED) is 0.0536. The molecule has 1 atom stereocenters. The Morgan fingerprint density at radius 2 is 1.22 bits per heavy atom. The number of benzene rings is 3. The summed E-state index contributed by atoms with van der Waals surface area (Å²) in [5.41, 5.74) is 7.76. The molecule has 0 unspecified atom stereocenters. The second kappa shape index (κ2) is 18.9. The van der Waals surface area contributed by atoms with E-state index in [1.165, 1.54) is 4.90 Å². The van der Waals surface area contributed by atoms with E-state index in [4.69, 9.17) is 16.2 Å². The summed E-state index contributed by atoms with van der Waals surface area (Å²) in [6.07, 6.45) is 0.0437. The number of guanidine groups is 1. The first kappa shape index (κ1) is 38.2. The molecule has 0 saturated carbocycles. The van der Waals surface area contributed by atoms with Crippen molar-refractivity contribution in [1.29, 1.82) is 5.41 Å². The van der Waals surface area contributed by atoms with Crippen LogP contribution in [0.5, 0.6) is 0 Å². The molecule has 0 fully saturated rings. The molecule has 0 spiro atoms. The Bertz CT molecular complexity index is 1600. The van der Waals surface area contributed by atoms with Crippen LogP contribution in [0.25, 0.3) is 0 Å². The van der Waals surface area contributed by atoms with E-state index in [0.29, 0.717) is 27.2 Å². The van der Waals surface area contributed by atoms with E-state index >= 15 is 0 Å². The summed E-state index contributed by atoms with van der Waals surface area (Å²) in [6, 6.07) is 22.9. The van der Waals surface area contributed by atoms with Crippen molar-refractivity contribution < 1.29 is 44.1 Å². The number of amides is 3. The zero-order valence-electron chi connectivity index (χ0n) is 27.2. The van der Waals surface area contributed by atoms with Gasteiger partial charge in [0, 0.05) is 13.1 Å². The van der Waals surface area contributed by atoms with Crippen molar-refractivity contribution >= 4 is 41.6 Å². The van der Waals surface area contributed by atoms with E-state index < -0.39 is 67.2 Å². The molecule has 0 heterocycles. The molecular formula is C35H40N6O9. The maximum absolute atomic E-state index is 14.9. The van der Waals surface area contributed by atoms with Crippen LogP contribution in [0, 0.1) is 5.41 Å². The lowest BCUT2D eigenvalue weighted by Gasteiger charge is -2.36. The predicted octanol–water partition coefficient (Wildman–Crippen LogP) is 1.22. The van der Waals surface area contributed by atoms with Crippen molar-refractivity contribution in [2.75, 3.05) is 26.2 Å². The Morgan fingerprint density at radius 3 is 1.70 bits per heavy atom. The third-order valence-corrected chi connectivity index (χ3v) is 7.57. The van der Waals surface area contributed by atoms with Gasteiger partial charge in [-0.15, -0.1) is 0 Å². The summed E-state index contributed by atoms with van der Waals surface area (Å²) < 4.78 is 0. The summed E-state index contributed by atoms with van der Waals surface area (Å²) in [4.78, 5) is 77.5. The standard InChI is InChI=1S/C35H40N6O9/c36-35(37)38-17-7-12-27(33(49)40(21-30(45)46)22-31(47)48)41(20-24-15-13-23(14-16-24)18-28(42)39-19-29(43)44)34(50)32(25-8-3-1-4-9-25)26-10-5-2-6-11-26/h1-6,8-11,13-16,27,32H,7,12,17-22H2,(H,39,42)(H,43,44)(H,45,46)(H,47,48)(H4,36,37,38)/t27-/m1/s1. The van der Waals surface area contributed by atoms with Crippen LogP contribution >= 0.6 is 0 Å². The van der Waals surface area contributed by atoms with Gasteiger partial charge in [-0.1, -0.05) is 84.9 Å². The molecule has 8 N–H and O–H groups in total. The van der Waals surface area contributed by atoms with Crippen LogP contribution in [0.2, 0.25) is 0 Å². The van der Waals surface area contributed by atoms with Gasteiger partial charge in [0.05, 0.1) is 12.3 Å². The van der Waals surface area contributed by atoms with E-state index in [9.17, 15) is 39.0 Å². The van der Waals surface area contributed by atoms with Crippen LogP contribution in [-0.2, 0) is 41.7 Å². The van der Waals surface area contributed by atoms with Gasteiger partial charge < -0.3 is 41.5 Å². The van der Waals surface area contributed by atoms with Crippen LogP contribution in [-0.4, -0.2) is 98.9 Å². The molecule has 15 nitrogen and oxygen atoms in total. The number of nitrogens with two attached hydrogens (primary N) is 1. The van der Waals surface area contributed by atoms with Gasteiger partial charge in [0.1, 0.15) is 25.7 Å². The fourth-order valence-electron chi connectivity index (χ4n) is 5.34. The first-order valence-electron chi connectivity index (χ1n) is 15.6. The van der Waals surface area contributed by atoms with Gasteiger partial charge >= 0.3 is 17.9 Å². The number of carbonyl (C=O) groups excluding carboxylic acids is 3. The van der Waals surface area contributed by atoms with Crippen LogP contribution in [0.1, 0.15) is 41.0 Å². The molecule has 3 aromatic carbocycles. The number of rotatable bonds is 19. The average molecular weight is 689 g/mol. The van der Waals surface area contributed by atoms with E-state index in [0.717, 1.165) is 0 Å². The molecule has 3 amide bonds. The number of carboxylic acids is 3. The number of hydrogen-bond donors (Lipinski definition) is 7. The lowest BCUT2D eigenvalue weighted by atomic mass is 9.89. The van der Waals surface area contributed by atoms with Crippen molar-refractivity contribution in [2.24, 2.45) is 5.73 Å². The molecule has 0 aliphatic carbocycles. The minimum Gasteiger partial charge on any atom is -0.480 e. The molecule has 0 aliphatic rings. The van der Waals surface area contributed by atoms with Crippen LogP contribution in [0.15, 0.2) is 84.9 Å². The highest BCUT2D eigenvalue weighted by Crippen LogP contribution is 2.30. The second-order valence-electron chi connectivity index (χ2n) is 11.4. The second-order valence-corrected chi connectivity index (χ2v) is 11.4. The molecular weight excluding hydrogens is 648 g/mol. The molecule has 50 heavy (non-hydrogen) atoms. The Hall–Kier alpha value is -6.25. The highest BCUT2D eigenvalue weighted by Gasteiger charge is 2.38. The smallest absolute Gasteiger partial charge is 0.323 e. The maximum Gasteiger partial charge on any atom is 0.323 e. The van der Waals surface area contributed by atoms with E-state index in [1.807, 2.05) is 0 Å². The van der Waals surface area contributed by atoms with Crippen molar-refractivity contribution in [3.63, 3.8) is 0 Å². The van der Waals surface area contributed by atoms with Gasteiger partial charge in [-0.2, -0.15) is 0 Å². The molecule has 0 saturated heterocycles. The highest BCUT2D eigenvalue weighted by atomic mass is 16.4. The molecule has 15 heteroatoms. The summed E-state index contributed by atoms with van der Waals surface area (Å²) in [6.45, 7) is -2.40. The molecule has 0 bridgehead atoms. The minimum absolute atomic E-state index is 0.0429. The van der Waals surface area contributed by atoms with E-state index in [2.05, 4.69) is 10.6 Å². The van der Waals surface area contributed by atoms with Crippen molar-refractivity contribution in [1.82, 2.24) is 20.4 Å². The first-order valence-corrected chi connectivity index (χ1v) is 15.6. The third kappa shape index (κ3) is 12.1. The lowest BCUT2D eigenvalue weighted by Crippen LogP contribution is -2.54. The molecule has 0 aliphatic heterocycles. The third-order valence-electron chi connectivity index (χ3n) is 7.57. The SMILES string of the molecule is N=C(N)NCCC[C@H](C(=O)N(CC(=O)O)CC(=O)O)N(Cc1ccc(CC(=O)NCC(=O)O)cc1)C(=O)C(c1ccccc1)c1ccccc1. The van der Waals surface area contributed by atoms with Gasteiger partial charge in [-0.3, -0.25) is 34.2 Å². The van der Waals surface area contributed by atoms with Crippen LogP contribution in [0.4, 0.5) is 0 Å². The molecule has 0 aromatic heterocycles. The number of nitrogens with zero attached hydrogens (tertiary/aromatic N) is 2. The van der Waals surface area contributed by atoms with Crippen LogP contribution < -0.4 is 16.4 Å². The number of aliphatic carboxylic acids is 3. The van der Waals surface area contributed by atoms with Gasteiger partial charge in [0.25, 0.3) is 0 Å². The van der Waals surface area contributed by atoms with Crippen molar-refractivity contribution in [2.45, 2.75) is 37.8 Å². The monoisotopic (exact) mass is 688 g/mol. The van der Waals surface area contributed by atoms with Gasteiger partial charge in [-0.05, 0) is 35.1 Å². The minimum atomic E-state index is -1.44. The fraction of sp³-hybridized carbons (Fsp3) is 0.286. The summed E-state index contributed by atoms with van der Waals surface area (Å²) >= 11 is 0. The first-order chi connectivity index (χ1) is 23.8. The summed E-state index contributed by atoms with van der Waals surface area (Å²) in [5.74, 6) is -7.20. The molecule has 0 radical (unpaired) electrons. The predicted molar refractivity (Wildman–Crippen MR) is 181 cm³/mol. The van der Waals surface area contributed by atoms with Crippen LogP contribution in [0.3, 0.4) is 0 Å². The topological polar surface area (TPSA) is 244 Å². The fourth-order valence-corrected chi connectivity index (χ4v) is 5.34. The average Bonchev–Trinajstić information content (AvgIpc) is 3.07. The van der Waals surface area contributed by atoms with Gasteiger partial charge in [0.15, 0.2) is 5.96 Å². The summed E-state index contributed by atoms with van der Waals surface area (Å²) in [7, 11) is 0. The zero-order valence-corrected chi connectivity index (χ0v) is 27.2. The largest absolute Gasteiger partial charge is 0.480 e. The Kier molecular flexibility index (Phi) is 14.5. The Morgan fingerprint density at radius 1 is 0.700 bits per heavy atom. The van der Waals surface area contributed by atoms with Gasteiger partial charge in [-0.25, -0.2) is 0 Å². The number of hydrogen-bond acceptors (Lipinski definition) is 7. The van der Waals surface area contributed by atoms with Crippen molar-refractivity contribution in [3.8, 4) is 0 Å². The normalized spacial score (nSPS) is 11.2. The number of carboxylic acid groups (broad SMARTS) is 3. The van der Waals surface area contributed by atoms with Crippen molar-refractivity contribution in [3.05, 3.63) is 107 Å². The van der Waals surface area contributed by atoms with E-state index in [-0.39, 0.29) is 38.3 Å². The van der Waals surface area contributed by atoms with E-state index in [1.54, 1.807) is 84.9 Å². The summed E-state index contributed by atoms with van der Waals surface area (Å²) in [5, 5.41) is 40.3. The maximum atomic E-state index is 14.9. The lowest BCUT2D eigenvalue weighted by molar-refractivity contribution is -0.154. The molecule has 3 aromatic rings. The Balaban J connectivity index is 2.11. The van der Waals surface area contributed by atoms with Gasteiger partial charge in [0.2, 0.25) is 17.7 Å². The number of carbonyl (C=O) groups is 6. The highest BCUT2D eigenvalue weighted by molar-refractivity contribution is 5.94. The molecule has 264 valence electrons.